The quantitative estimate of drug-likeness (QED) is 0.742. The van der Waals surface area contributed by atoms with Crippen molar-refractivity contribution in [2.24, 2.45) is 0 Å². The van der Waals surface area contributed by atoms with Gasteiger partial charge in [0.1, 0.15) is 23.1 Å². The van der Waals surface area contributed by atoms with Crippen molar-refractivity contribution in [3.63, 3.8) is 0 Å². The van der Waals surface area contributed by atoms with E-state index in [4.69, 9.17) is 4.42 Å². The number of nitriles is 1. The van der Waals surface area contributed by atoms with E-state index in [1.807, 2.05) is 42.5 Å². The summed E-state index contributed by atoms with van der Waals surface area (Å²) in [6.07, 6.45) is 1.60. The Balaban J connectivity index is 2.25. The SMILES string of the molecule is CNc1nc(-c2ccco2)cc(-c2ccc(Br)cc2)c1C#N. The van der Waals surface area contributed by atoms with E-state index in [-0.39, 0.29) is 0 Å². The van der Waals surface area contributed by atoms with Gasteiger partial charge in [0.25, 0.3) is 0 Å². The van der Waals surface area contributed by atoms with Crippen LogP contribution in [-0.4, -0.2) is 12.0 Å². The lowest BCUT2D eigenvalue weighted by molar-refractivity contribution is 0.580. The van der Waals surface area contributed by atoms with Gasteiger partial charge in [0.15, 0.2) is 5.76 Å². The van der Waals surface area contributed by atoms with Gasteiger partial charge in [-0.1, -0.05) is 28.1 Å². The number of nitrogens with zero attached hydrogens (tertiary/aromatic N) is 2. The third-order valence-corrected chi connectivity index (χ3v) is 3.83. The molecular formula is C17H12BrN3O. The minimum Gasteiger partial charge on any atom is -0.463 e. The molecule has 2 aromatic heterocycles. The monoisotopic (exact) mass is 353 g/mol. The second-order valence-electron chi connectivity index (χ2n) is 4.62. The van der Waals surface area contributed by atoms with E-state index in [1.54, 1.807) is 13.3 Å². The predicted molar refractivity (Wildman–Crippen MR) is 89.3 cm³/mol. The molecule has 0 fully saturated rings. The number of aromatic nitrogens is 1. The van der Waals surface area contributed by atoms with Gasteiger partial charge in [-0.05, 0) is 35.9 Å². The summed E-state index contributed by atoms with van der Waals surface area (Å²) < 4.78 is 6.41. The lowest BCUT2D eigenvalue weighted by Gasteiger charge is -2.11. The van der Waals surface area contributed by atoms with Crippen molar-refractivity contribution in [1.82, 2.24) is 4.98 Å². The van der Waals surface area contributed by atoms with E-state index in [2.05, 4.69) is 32.3 Å². The number of nitrogens with one attached hydrogen (secondary N) is 1. The lowest BCUT2D eigenvalue weighted by Crippen LogP contribution is -2.00. The number of furan rings is 1. The van der Waals surface area contributed by atoms with Gasteiger partial charge < -0.3 is 9.73 Å². The second kappa shape index (κ2) is 6.04. The molecule has 0 saturated carbocycles. The van der Waals surface area contributed by atoms with Crippen molar-refractivity contribution >= 4 is 21.7 Å². The molecular weight excluding hydrogens is 342 g/mol. The van der Waals surface area contributed by atoms with Gasteiger partial charge in [-0.15, -0.1) is 0 Å². The molecule has 3 rings (SSSR count). The van der Waals surface area contributed by atoms with Gasteiger partial charge >= 0.3 is 0 Å². The van der Waals surface area contributed by atoms with Gasteiger partial charge in [0.05, 0.1) is 6.26 Å². The molecule has 4 nitrogen and oxygen atoms in total. The van der Waals surface area contributed by atoms with Crippen molar-refractivity contribution in [1.29, 1.82) is 5.26 Å². The average Bonchev–Trinajstić information content (AvgIpc) is 3.08. The normalized spacial score (nSPS) is 10.2. The Bertz CT molecular complexity index is 834. The van der Waals surface area contributed by atoms with E-state index in [9.17, 15) is 5.26 Å². The minimum absolute atomic E-state index is 0.514. The highest BCUT2D eigenvalue weighted by molar-refractivity contribution is 9.10. The molecule has 0 saturated heterocycles. The zero-order valence-corrected chi connectivity index (χ0v) is 13.4. The van der Waals surface area contributed by atoms with Crippen molar-refractivity contribution in [3.05, 3.63) is 58.8 Å². The predicted octanol–water partition coefficient (Wildman–Crippen LogP) is 4.68. The van der Waals surface area contributed by atoms with Crippen molar-refractivity contribution in [2.45, 2.75) is 0 Å². The van der Waals surface area contributed by atoms with Gasteiger partial charge in [-0.2, -0.15) is 5.26 Å². The third-order valence-electron chi connectivity index (χ3n) is 3.30. The minimum atomic E-state index is 0.514. The number of benzene rings is 1. The van der Waals surface area contributed by atoms with E-state index < -0.39 is 0 Å². The zero-order valence-electron chi connectivity index (χ0n) is 11.8. The van der Waals surface area contributed by atoms with Crippen LogP contribution in [0.4, 0.5) is 5.82 Å². The number of rotatable bonds is 3. The second-order valence-corrected chi connectivity index (χ2v) is 5.54. The summed E-state index contributed by atoms with van der Waals surface area (Å²) in [5.41, 5.74) is 2.97. The summed E-state index contributed by atoms with van der Waals surface area (Å²) in [4.78, 5) is 4.47. The maximum atomic E-state index is 9.51. The fraction of sp³-hybridized carbons (Fsp3) is 0.0588. The number of hydrogen-bond donors (Lipinski definition) is 1. The highest BCUT2D eigenvalue weighted by Gasteiger charge is 2.15. The van der Waals surface area contributed by atoms with Crippen LogP contribution in [0.2, 0.25) is 0 Å². The molecule has 5 heteroatoms. The van der Waals surface area contributed by atoms with Crippen molar-refractivity contribution in [3.8, 4) is 28.7 Å². The van der Waals surface area contributed by atoms with Crippen LogP contribution in [0.1, 0.15) is 5.56 Å². The Labute approximate surface area is 136 Å². The molecule has 1 aromatic carbocycles. The number of hydrogen-bond acceptors (Lipinski definition) is 4. The van der Waals surface area contributed by atoms with Gasteiger partial charge in [0.2, 0.25) is 0 Å². The fourth-order valence-corrected chi connectivity index (χ4v) is 2.51. The molecule has 0 unspecified atom stereocenters. The van der Waals surface area contributed by atoms with E-state index in [0.717, 1.165) is 15.6 Å². The van der Waals surface area contributed by atoms with Crippen LogP contribution in [0.5, 0.6) is 0 Å². The maximum Gasteiger partial charge on any atom is 0.152 e. The van der Waals surface area contributed by atoms with Crippen LogP contribution in [-0.2, 0) is 0 Å². The average molecular weight is 354 g/mol. The Morgan fingerprint density at radius 1 is 1.23 bits per heavy atom. The van der Waals surface area contributed by atoms with Gasteiger partial charge in [0, 0.05) is 17.1 Å². The molecule has 0 atom stereocenters. The smallest absolute Gasteiger partial charge is 0.152 e. The van der Waals surface area contributed by atoms with Gasteiger partial charge in [-0.3, -0.25) is 0 Å². The first-order valence-corrected chi connectivity index (χ1v) is 7.45. The Kier molecular flexibility index (Phi) is 3.94. The van der Waals surface area contributed by atoms with Crippen LogP contribution >= 0.6 is 15.9 Å². The highest BCUT2D eigenvalue weighted by Crippen LogP contribution is 2.32. The highest BCUT2D eigenvalue weighted by atomic mass is 79.9. The van der Waals surface area contributed by atoms with Crippen LogP contribution < -0.4 is 5.32 Å². The first-order chi connectivity index (χ1) is 10.7. The fourth-order valence-electron chi connectivity index (χ4n) is 2.25. The Morgan fingerprint density at radius 2 is 2.00 bits per heavy atom. The summed E-state index contributed by atoms with van der Waals surface area (Å²) in [6, 6.07) is 15.6. The summed E-state index contributed by atoms with van der Waals surface area (Å²) in [5, 5.41) is 12.5. The zero-order chi connectivity index (χ0) is 15.5. The first-order valence-electron chi connectivity index (χ1n) is 6.65. The number of halogens is 1. The topological polar surface area (TPSA) is 61.9 Å². The molecule has 0 aliphatic carbocycles. The molecule has 0 amide bonds. The summed E-state index contributed by atoms with van der Waals surface area (Å²) in [7, 11) is 1.75. The number of pyridine rings is 1. The van der Waals surface area contributed by atoms with E-state index in [0.29, 0.717) is 22.8 Å². The molecule has 0 aliphatic rings. The molecule has 108 valence electrons. The van der Waals surface area contributed by atoms with E-state index >= 15 is 0 Å². The Morgan fingerprint density at radius 3 is 2.59 bits per heavy atom. The van der Waals surface area contributed by atoms with Crippen molar-refractivity contribution < 1.29 is 4.42 Å². The van der Waals surface area contributed by atoms with E-state index in [1.165, 1.54) is 0 Å². The van der Waals surface area contributed by atoms with Crippen LogP contribution in [0.3, 0.4) is 0 Å². The summed E-state index contributed by atoms with van der Waals surface area (Å²) >= 11 is 3.42. The summed E-state index contributed by atoms with van der Waals surface area (Å²) in [6.45, 7) is 0. The number of anilines is 1. The van der Waals surface area contributed by atoms with Crippen LogP contribution in [0.25, 0.3) is 22.6 Å². The molecule has 0 radical (unpaired) electrons. The van der Waals surface area contributed by atoms with Gasteiger partial charge in [-0.25, -0.2) is 4.98 Å². The summed E-state index contributed by atoms with van der Waals surface area (Å²) in [5.74, 6) is 1.20. The van der Waals surface area contributed by atoms with Crippen LogP contribution in [0.15, 0.2) is 57.6 Å². The van der Waals surface area contributed by atoms with Crippen LogP contribution in [0, 0.1) is 11.3 Å². The molecule has 0 spiro atoms. The standard InChI is InChI=1S/C17H12BrN3O/c1-20-17-14(10-19)13(11-4-6-12(18)7-5-11)9-15(21-17)16-3-2-8-22-16/h2-9H,1H3,(H,20,21). The maximum absolute atomic E-state index is 9.51. The first kappa shape index (κ1) is 14.4. The third kappa shape index (κ3) is 2.61. The molecule has 2 heterocycles. The van der Waals surface area contributed by atoms with Crippen molar-refractivity contribution in [2.75, 3.05) is 12.4 Å². The molecule has 22 heavy (non-hydrogen) atoms. The largest absolute Gasteiger partial charge is 0.463 e. The molecule has 3 aromatic rings. The lowest BCUT2D eigenvalue weighted by atomic mass is 10.00. The molecule has 0 bridgehead atoms. The Hall–Kier alpha value is -2.58. The molecule has 1 N–H and O–H groups in total. The molecule has 0 aliphatic heterocycles.